The van der Waals surface area contributed by atoms with Crippen LogP contribution in [0.25, 0.3) is 0 Å². The van der Waals surface area contributed by atoms with Gasteiger partial charge in [-0.05, 0) is 12.8 Å². The zero-order valence-electron chi connectivity index (χ0n) is 10.4. The van der Waals surface area contributed by atoms with Crippen LogP contribution in [0.4, 0.5) is 0 Å². The molecule has 1 saturated heterocycles. The van der Waals surface area contributed by atoms with Gasteiger partial charge in [-0.1, -0.05) is 6.92 Å². The van der Waals surface area contributed by atoms with Crippen molar-refractivity contribution in [2.24, 2.45) is 11.7 Å². The van der Waals surface area contributed by atoms with Gasteiger partial charge in [-0.3, -0.25) is 9.59 Å². The van der Waals surface area contributed by atoms with Gasteiger partial charge in [-0.15, -0.1) is 12.4 Å². The molecule has 17 heavy (non-hydrogen) atoms. The molecule has 100 valence electrons. The van der Waals surface area contributed by atoms with Crippen LogP contribution in [0, 0.1) is 5.92 Å². The number of nitrogens with zero attached hydrogens (tertiary/aromatic N) is 1. The fraction of sp³-hybridized carbons (Fsp3) is 0.818. The maximum atomic E-state index is 11.9. The Morgan fingerprint density at radius 2 is 2.18 bits per heavy atom. The molecule has 1 aliphatic heterocycles. The van der Waals surface area contributed by atoms with E-state index in [4.69, 9.17) is 5.73 Å². The van der Waals surface area contributed by atoms with Gasteiger partial charge < -0.3 is 16.0 Å². The Morgan fingerprint density at radius 1 is 1.53 bits per heavy atom. The summed E-state index contributed by atoms with van der Waals surface area (Å²) in [6.45, 7) is 5.11. The van der Waals surface area contributed by atoms with Gasteiger partial charge in [0.15, 0.2) is 0 Å². The van der Waals surface area contributed by atoms with Gasteiger partial charge in [0.25, 0.3) is 0 Å². The topological polar surface area (TPSA) is 75.4 Å². The van der Waals surface area contributed by atoms with Gasteiger partial charge in [0.1, 0.15) is 0 Å². The molecule has 5 nitrogen and oxygen atoms in total. The second-order valence-electron chi connectivity index (χ2n) is 4.46. The lowest BCUT2D eigenvalue weighted by Crippen LogP contribution is -2.51. The van der Waals surface area contributed by atoms with Gasteiger partial charge in [-0.25, -0.2) is 0 Å². The minimum atomic E-state index is -0.129. The summed E-state index contributed by atoms with van der Waals surface area (Å²) in [5.41, 5.74) is 5.48. The van der Waals surface area contributed by atoms with Crippen molar-refractivity contribution in [3.63, 3.8) is 0 Å². The summed E-state index contributed by atoms with van der Waals surface area (Å²) < 4.78 is 0. The molecule has 0 aliphatic carbocycles. The summed E-state index contributed by atoms with van der Waals surface area (Å²) in [6.07, 6.45) is 1.88. The average molecular weight is 264 g/mol. The lowest BCUT2D eigenvalue weighted by Gasteiger charge is -2.34. The molecular weight excluding hydrogens is 242 g/mol. The van der Waals surface area contributed by atoms with Crippen LogP contribution in [0.2, 0.25) is 0 Å². The van der Waals surface area contributed by atoms with Crippen molar-refractivity contribution < 1.29 is 9.59 Å². The summed E-state index contributed by atoms with van der Waals surface area (Å²) in [5.74, 6) is -0.0696. The van der Waals surface area contributed by atoms with E-state index in [1.165, 1.54) is 6.92 Å². The molecule has 0 aromatic heterocycles. The molecule has 2 unspecified atom stereocenters. The number of hydrogen-bond donors (Lipinski definition) is 2. The standard InChI is InChI=1S/C11H21N3O2.ClH/c1-8(6-12)11(16)14-5-3-4-10(7-14)13-9(2)15;/h8,10H,3-7,12H2,1-2H3,(H,13,15);1H. The molecule has 1 rings (SSSR count). The van der Waals surface area contributed by atoms with E-state index in [-0.39, 0.29) is 36.2 Å². The van der Waals surface area contributed by atoms with Crippen molar-refractivity contribution in [1.82, 2.24) is 10.2 Å². The van der Waals surface area contributed by atoms with Crippen molar-refractivity contribution in [1.29, 1.82) is 0 Å². The fourth-order valence-corrected chi connectivity index (χ4v) is 2.00. The summed E-state index contributed by atoms with van der Waals surface area (Å²) >= 11 is 0. The van der Waals surface area contributed by atoms with Crippen LogP contribution < -0.4 is 11.1 Å². The third-order valence-corrected chi connectivity index (χ3v) is 2.92. The Hall–Kier alpha value is -0.810. The second kappa shape index (κ2) is 7.50. The number of likely N-dealkylation sites (tertiary alicyclic amines) is 1. The Morgan fingerprint density at radius 3 is 2.71 bits per heavy atom. The minimum absolute atomic E-state index is 0. The van der Waals surface area contributed by atoms with Crippen LogP contribution in [0.5, 0.6) is 0 Å². The van der Waals surface area contributed by atoms with E-state index in [1.807, 2.05) is 11.8 Å². The quantitative estimate of drug-likeness (QED) is 0.760. The first kappa shape index (κ1) is 16.2. The molecule has 0 saturated carbocycles. The number of nitrogens with one attached hydrogen (secondary N) is 1. The Balaban J connectivity index is 0.00000256. The molecule has 2 atom stereocenters. The number of nitrogens with two attached hydrogens (primary N) is 1. The van der Waals surface area contributed by atoms with Crippen molar-refractivity contribution in [2.45, 2.75) is 32.7 Å². The Kier molecular flexibility index (Phi) is 7.15. The van der Waals surface area contributed by atoms with Gasteiger partial charge in [-0.2, -0.15) is 0 Å². The monoisotopic (exact) mass is 263 g/mol. The van der Waals surface area contributed by atoms with E-state index in [9.17, 15) is 9.59 Å². The molecule has 0 radical (unpaired) electrons. The van der Waals surface area contributed by atoms with Crippen molar-refractivity contribution in [3.8, 4) is 0 Å². The highest BCUT2D eigenvalue weighted by Gasteiger charge is 2.26. The maximum Gasteiger partial charge on any atom is 0.226 e. The molecule has 0 bridgehead atoms. The largest absolute Gasteiger partial charge is 0.352 e. The molecule has 3 N–H and O–H groups in total. The smallest absolute Gasteiger partial charge is 0.226 e. The van der Waals surface area contributed by atoms with E-state index in [0.717, 1.165) is 19.4 Å². The molecule has 1 aliphatic rings. The molecule has 0 aromatic carbocycles. The summed E-state index contributed by atoms with van der Waals surface area (Å²) in [5, 5.41) is 2.86. The maximum absolute atomic E-state index is 11.9. The second-order valence-corrected chi connectivity index (χ2v) is 4.46. The molecule has 2 amide bonds. The number of hydrogen-bond acceptors (Lipinski definition) is 3. The van der Waals surface area contributed by atoms with E-state index in [0.29, 0.717) is 13.1 Å². The highest BCUT2D eigenvalue weighted by atomic mass is 35.5. The van der Waals surface area contributed by atoms with Gasteiger partial charge in [0, 0.05) is 38.5 Å². The van der Waals surface area contributed by atoms with Crippen LogP contribution in [0.1, 0.15) is 26.7 Å². The molecule has 0 spiro atoms. The Bertz CT molecular complexity index is 273. The number of rotatable bonds is 3. The zero-order valence-corrected chi connectivity index (χ0v) is 11.3. The molecule has 6 heteroatoms. The predicted molar refractivity (Wildman–Crippen MR) is 68.9 cm³/mol. The van der Waals surface area contributed by atoms with E-state index in [1.54, 1.807) is 0 Å². The first-order chi connectivity index (χ1) is 7.54. The summed E-state index contributed by atoms with van der Waals surface area (Å²) in [4.78, 5) is 24.6. The van der Waals surface area contributed by atoms with Crippen LogP contribution in [-0.2, 0) is 9.59 Å². The van der Waals surface area contributed by atoms with Gasteiger partial charge >= 0.3 is 0 Å². The number of piperidine rings is 1. The van der Waals surface area contributed by atoms with E-state index >= 15 is 0 Å². The van der Waals surface area contributed by atoms with Crippen LogP contribution in [0.3, 0.4) is 0 Å². The lowest BCUT2D eigenvalue weighted by atomic mass is 10.0. The van der Waals surface area contributed by atoms with Crippen molar-refractivity contribution in [2.75, 3.05) is 19.6 Å². The number of carbonyl (C=O) groups is 2. The Labute approximate surface area is 109 Å². The third kappa shape index (κ3) is 4.91. The highest BCUT2D eigenvalue weighted by Crippen LogP contribution is 2.12. The predicted octanol–water partition coefficient (Wildman–Crippen LogP) is 0.130. The van der Waals surface area contributed by atoms with Crippen LogP contribution in [-0.4, -0.2) is 42.4 Å². The average Bonchev–Trinajstić information content (AvgIpc) is 2.26. The number of amides is 2. The number of halogens is 1. The number of carbonyl (C=O) groups excluding carboxylic acids is 2. The van der Waals surface area contributed by atoms with Gasteiger partial charge in [0.05, 0.1) is 0 Å². The molecule has 1 heterocycles. The summed E-state index contributed by atoms with van der Waals surface area (Å²) in [6, 6.07) is 0.0974. The van der Waals surface area contributed by atoms with Crippen LogP contribution in [0.15, 0.2) is 0 Å². The molecule has 1 fully saturated rings. The van der Waals surface area contributed by atoms with Crippen molar-refractivity contribution >= 4 is 24.2 Å². The first-order valence-electron chi connectivity index (χ1n) is 5.80. The third-order valence-electron chi connectivity index (χ3n) is 2.92. The molecular formula is C11H22ClN3O2. The van der Waals surface area contributed by atoms with Crippen LogP contribution >= 0.6 is 12.4 Å². The van der Waals surface area contributed by atoms with E-state index < -0.39 is 0 Å². The lowest BCUT2D eigenvalue weighted by molar-refractivity contribution is -0.136. The van der Waals surface area contributed by atoms with E-state index in [2.05, 4.69) is 5.32 Å². The normalized spacial score (nSPS) is 21.4. The minimum Gasteiger partial charge on any atom is -0.352 e. The summed E-state index contributed by atoms with van der Waals surface area (Å²) in [7, 11) is 0. The SMILES string of the molecule is CC(=O)NC1CCCN(C(=O)C(C)CN)C1.Cl. The molecule has 0 aromatic rings. The first-order valence-corrected chi connectivity index (χ1v) is 5.80. The van der Waals surface area contributed by atoms with Gasteiger partial charge in [0.2, 0.25) is 11.8 Å². The zero-order chi connectivity index (χ0) is 12.1. The van der Waals surface area contributed by atoms with Crippen molar-refractivity contribution in [3.05, 3.63) is 0 Å². The fourth-order valence-electron chi connectivity index (χ4n) is 2.00. The highest BCUT2D eigenvalue weighted by molar-refractivity contribution is 5.85.